The first-order valence-electron chi connectivity index (χ1n) is 5.63. The zero-order valence-electron chi connectivity index (χ0n) is 10.1. The van der Waals surface area contributed by atoms with Crippen LogP contribution >= 0.6 is 32.1 Å². The molecular weight excluding hydrogens is 378 g/mol. The maximum absolute atomic E-state index is 10.4. The highest BCUT2D eigenvalue weighted by molar-refractivity contribution is 9.12. The highest BCUT2D eigenvalue weighted by Gasteiger charge is 2.26. The molecule has 19 heavy (non-hydrogen) atoms. The van der Waals surface area contributed by atoms with E-state index in [0.29, 0.717) is 12.8 Å². The number of nitrogens with zero attached hydrogens (tertiary/aromatic N) is 3. The van der Waals surface area contributed by atoms with Gasteiger partial charge in [0.25, 0.3) is 0 Å². The summed E-state index contributed by atoms with van der Waals surface area (Å²) in [5.74, 6) is -0.287. The quantitative estimate of drug-likeness (QED) is 0.471. The molecule has 3 rings (SSSR count). The van der Waals surface area contributed by atoms with E-state index < -0.39 is 0 Å². The Balaban J connectivity index is 0.000000147. The molecule has 3 aliphatic heterocycles. The van der Waals surface area contributed by atoms with Crippen molar-refractivity contribution in [2.45, 2.75) is 12.8 Å². The van der Waals surface area contributed by atoms with E-state index in [1.165, 1.54) is 0 Å². The van der Waals surface area contributed by atoms with Crippen LogP contribution < -0.4 is 0 Å². The molecule has 0 bridgehead atoms. The molecule has 102 valence electrons. The number of halogens is 2. The Morgan fingerprint density at radius 3 is 1.95 bits per heavy atom. The molecule has 1 fully saturated rings. The number of amides is 2. The molecule has 0 unspecified atom stereocenters. The Kier molecular flexibility index (Phi) is 7.50. The minimum atomic E-state index is -0.144. The molecule has 0 aliphatic carbocycles. The third-order valence-electron chi connectivity index (χ3n) is 2.14. The third kappa shape index (κ3) is 6.58. The van der Waals surface area contributed by atoms with Crippen LogP contribution in [-0.2, 0) is 9.59 Å². The minimum absolute atomic E-state index is 0.144. The molecule has 0 atom stereocenters. The van der Waals surface area contributed by atoms with Gasteiger partial charge < -0.3 is 0 Å². The first kappa shape index (κ1) is 16.0. The lowest BCUT2D eigenvalue weighted by Gasteiger charge is -1.97. The second kappa shape index (κ2) is 8.92. The molecule has 0 aromatic carbocycles. The van der Waals surface area contributed by atoms with Crippen LogP contribution in [0.4, 0.5) is 0 Å². The number of aliphatic imine (C=N–C) groups is 2. The van der Waals surface area contributed by atoms with Gasteiger partial charge in [0.1, 0.15) is 0 Å². The monoisotopic (exact) mass is 389 g/mol. The van der Waals surface area contributed by atoms with Gasteiger partial charge in [0.15, 0.2) is 0 Å². The van der Waals surface area contributed by atoms with Gasteiger partial charge >= 0.3 is 0 Å². The van der Waals surface area contributed by atoms with E-state index >= 15 is 0 Å². The highest BCUT2D eigenvalue weighted by Crippen LogP contribution is 2.14. The summed E-state index contributed by atoms with van der Waals surface area (Å²) in [5.41, 5.74) is 0. The lowest BCUT2D eigenvalue weighted by Crippen LogP contribution is -2.16. The average molecular weight is 391 g/mol. The van der Waals surface area contributed by atoms with E-state index in [2.05, 4.69) is 42.1 Å². The summed E-state index contributed by atoms with van der Waals surface area (Å²) in [4.78, 5) is 28.6. The average Bonchev–Trinajstić information content (AvgIpc) is 3.13. The van der Waals surface area contributed by atoms with Crippen molar-refractivity contribution in [3.63, 3.8) is 0 Å². The Morgan fingerprint density at radius 1 is 1.11 bits per heavy atom. The molecular formula is C12H13Br2N3O2. The summed E-state index contributed by atoms with van der Waals surface area (Å²) in [6.07, 6.45) is 10.3. The summed E-state index contributed by atoms with van der Waals surface area (Å²) in [5, 5.41) is 0. The zero-order chi connectivity index (χ0) is 14.1. The summed E-state index contributed by atoms with van der Waals surface area (Å²) in [6.45, 7) is 1.74. The van der Waals surface area contributed by atoms with Gasteiger partial charge in [-0.1, -0.05) is 6.08 Å². The van der Waals surface area contributed by atoms with Crippen LogP contribution in [0.2, 0.25) is 0 Å². The molecule has 7 heteroatoms. The number of hydrogen-bond donors (Lipinski definition) is 0. The second-order valence-electron chi connectivity index (χ2n) is 3.59. The predicted octanol–water partition coefficient (Wildman–Crippen LogP) is 2.42. The number of rotatable bonds is 0. The van der Waals surface area contributed by atoms with E-state index in [1.54, 1.807) is 12.4 Å². The minimum Gasteiger partial charge on any atom is -0.289 e. The molecule has 3 heterocycles. The van der Waals surface area contributed by atoms with Gasteiger partial charge in [-0.25, -0.2) is 3.93 Å². The van der Waals surface area contributed by atoms with Crippen molar-refractivity contribution >= 4 is 56.3 Å². The number of hydrogen-bond acceptors (Lipinski definition) is 4. The van der Waals surface area contributed by atoms with E-state index in [9.17, 15) is 9.59 Å². The third-order valence-corrected chi connectivity index (χ3v) is 3.45. The van der Waals surface area contributed by atoms with Crippen molar-refractivity contribution in [2.24, 2.45) is 9.98 Å². The number of carbonyl (C=O) groups is 2. The lowest BCUT2D eigenvalue weighted by atomic mass is 10.4. The second-order valence-corrected chi connectivity index (χ2v) is 5.22. The SMILES string of the molecule is BrC1=CCN=C1.C1=CCN=C1.O=C1CCC(=O)N1Br. The van der Waals surface area contributed by atoms with Crippen molar-refractivity contribution in [3.05, 3.63) is 22.7 Å². The van der Waals surface area contributed by atoms with Gasteiger partial charge in [-0.05, 0) is 28.1 Å². The predicted molar refractivity (Wildman–Crippen MR) is 82.9 cm³/mol. The Morgan fingerprint density at radius 2 is 1.79 bits per heavy atom. The molecule has 0 N–H and O–H groups in total. The fourth-order valence-corrected chi connectivity index (χ4v) is 1.83. The Hall–Kier alpha value is -1.08. The van der Waals surface area contributed by atoms with Gasteiger partial charge in [0, 0.05) is 29.8 Å². The topological polar surface area (TPSA) is 62.1 Å². The van der Waals surface area contributed by atoms with Gasteiger partial charge in [0.2, 0.25) is 11.8 Å². The van der Waals surface area contributed by atoms with Crippen molar-refractivity contribution < 1.29 is 9.59 Å². The zero-order valence-corrected chi connectivity index (χ0v) is 13.3. The smallest absolute Gasteiger partial charge is 0.239 e. The molecule has 0 spiro atoms. The van der Waals surface area contributed by atoms with Crippen LogP contribution in [0.3, 0.4) is 0 Å². The lowest BCUT2D eigenvalue weighted by molar-refractivity contribution is -0.131. The van der Waals surface area contributed by atoms with Crippen molar-refractivity contribution in [1.82, 2.24) is 3.93 Å². The van der Waals surface area contributed by atoms with Crippen LogP contribution in [-0.4, -0.2) is 41.3 Å². The molecule has 3 aliphatic rings. The van der Waals surface area contributed by atoms with E-state index in [1.807, 2.05) is 18.2 Å². The van der Waals surface area contributed by atoms with Gasteiger partial charge in [0.05, 0.1) is 29.2 Å². The van der Waals surface area contributed by atoms with Gasteiger partial charge in [-0.15, -0.1) is 0 Å². The standard InChI is InChI=1S/C4H4BrNO2.C4H4BrN.C4H5N/c5-6-3(7)1-2-4(6)8;5-4-1-2-6-3-4;1-2-4-5-3-1/h1-2H2;1,3H,2H2;1-3H,4H2. The summed E-state index contributed by atoms with van der Waals surface area (Å²) in [6, 6.07) is 0. The first-order chi connectivity index (χ1) is 9.11. The Labute approximate surface area is 128 Å². The van der Waals surface area contributed by atoms with Crippen LogP contribution in [0.5, 0.6) is 0 Å². The molecule has 1 saturated heterocycles. The van der Waals surface area contributed by atoms with Gasteiger partial charge in [-0.3, -0.25) is 19.6 Å². The van der Waals surface area contributed by atoms with Gasteiger partial charge in [-0.2, -0.15) is 0 Å². The largest absolute Gasteiger partial charge is 0.289 e. The molecule has 0 aromatic heterocycles. The van der Waals surface area contributed by atoms with Crippen molar-refractivity contribution in [3.8, 4) is 0 Å². The van der Waals surface area contributed by atoms with E-state index in [0.717, 1.165) is 21.5 Å². The molecule has 5 nitrogen and oxygen atoms in total. The van der Waals surface area contributed by atoms with Crippen molar-refractivity contribution in [1.29, 1.82) is 0 Å². The van der Waals surface area contributed by atoms with Crippen LogP contribution in [0, 0.1) is 0 Å². The first-order valence-corrected chi connectivity index (χ1v) is 7.13. The summed E-state index contributed by atoms with van der Waals surface area (Å²) < 4.78 is 2.08. The molecule has 2 amide bonds. The van der Waals surface area contributed by atoms with Crippen LogP contribution in [0.1, 0.15) is 12.8 Å². The highest BCUT2D eigenvalue weighted by atomic mass is 79.9. The summed E-state index contributed by atoms with van der Waals surface area (Å²) in [7, 11) is 0. The maximum atomic E-state index is 10.4. The Bertz CT molecular complexity index is 427. The number of allylic oxidation sites excluding steroid dienone is 2. The number of imide groups is 1. The fourth-order valence-electron chi connectivity index (χ4n) is 1.19. The molecule has 0 saturated carbocycles. The molecule has 0 radical (unpaired) electrons. The summed E-state index contributed by atoms with van der Waals surface area (Å²) >= 11 is 6.05. The molecule has 0 aromatic rings. The van der Waals surface area contributed by atoms with Crippen LogP contribution in [0.25, 0.3) is 0 Å². The van der Waals surface area contributed by atoms with Crippen molar-refractivity contribution in [2.75, 3.05) is 13.1 Å². The maximum Gasteiger partial charge on any atom is 0.239 e. The van der Waals surface area contributed by atoms with E-state index in [-0.39, 0.29) is 11.8 Å². The number of carbonyl (C=O) groups excluding carboxylic acids is 2. The normalized spacial score (nSPS) is 19.1. The van der Waals surface area contributed by atoms with E-state index in [4.69, 9.17) is 0 Å². The van der Waals surface area contributed by atoms with Crippen LogP contribution in [0.15, 0.2) is 32.7 Å². The fraction of sp³-hybridized carbons (Fsp3) is 0.333.